The van der Waals surface area contributed by atoms with Crippen molar-refractivity contribution < 1.29 is 18.7 Å². The highest BCUT2D eigenvalue weighted by Gasteiger charge is 2.27. The van der Waals surface area contributed by atoms with E-state index in [0.717, 1.165) is 17.1 Å². The molecule has 0 unspecified atom stereocenters. The summed E-state index contributed by atoms with van der Waals surface area (Å²) in [6.45, 7) is 1.78. The van der Waals surface area contributed by atoms with Crippen LogP contribution in [0.15, 0.2) is 54.7 Å². The first-order valence-electron chi connectivity index (χ1n) is 9.90. The lowest BCUT2D eigenvalue weighted by Gasteiger charge is -2.32. The topological polar surface area (TPSA) is 80.3 Å². The van der Waals surface area contributed by atoms with E-state index in [4.69, 9.17) is 9.47 Å². The van der Waals surface area contributed by atoms with Crippen LogP contribution in [0.5, 0.6) is 5.75 Å². The van der Waals surface area contributed by atoms with E-state index in [0.29, 0.717) is 32.7 Å². The molecule has 156 valence electrons. The highest BCUT2D eigenvalue weighted by atomic mass is 19.1. The van der Waals surface area contributed by atoms with Crippen LogP contribution in [0.3, 0.4) is 0 Å². The van der Waals surface area contributed by atoms with Gasteiger partial charge in [-0.05, 0) is 30.3 Å². The molecule has 4 rings (SSSR count). The molecule has 3 aromatic rings. The summed E-state index contributed by atoms with van der Waals surface area (Å²) < 4.78 is 24.9. The van der Waals surface area contributed by atoms with Crippen LogP contribution in [0, 0.1) is 5.82 Å². The van der Waals surface area contributed by atoms with Gasteiger partial charge in [-0.2, -0.15) is 5.10 Å². The number of hydrogen-bond donors (Lipinski definition) is 1. The minimum Gasteiger partial charge on any atom is -0.490 e. The fraction of sp³-hybridized carbons (Fsp3) is 0.318. The number of para-hydroxylation sites is 1. The zero-order valence-corrected chi connectivity index (χ0v) is 16.5. The highest BCUT2D eigenvalue weighted by Crippen LogP contribution is 2.22. The number of benzene rings is 1. The number of amides is 1. The summed E-state index contributed by atoms with van der Waals surface area (Å²) in [4.78, 5) is 18.6. The number of carbonyl (C=O) groups excluding carboxylic acids is 1. The molecule has 1 aliphatic rings. The van der Waals surface area contributed by atoms with Gasteiger partial charge in [-0.15, -0.1) is 0 Å². The molecule has 0 bridgehead atoms. The molecule has 2 aromatic heterocycles. The van der Waals surface area contributed by atoms with Gasteiger partial charge < -0.3 is 14.4 Å². The monoisotopic (exact) mass is 410 g/mol. The fourth-order valence-electron chi connectivity index (χ4n) is 3.33. The van der Waals surface area contributed by atoms with Crippen LogP contribution < -0.4 is 4.74 Å². The number of nitrogens with zero attached hydrogens (tertiary/aromatic N) is 3. The molecule has 8 heteroatoms. The summed E-state index contributed by atoms with van der Waals surface area (Å²) in [6.07, 6.45) is 2.22. The molecule has 1 aliphatic heterocycles. The maximum atomic E-state index is 13.6. The molecule has 0 saturated carbocycles. The standard InChI is InChI=1S/C22H23FN4O3/c23-18-6-1-2-7-20(18)29-11-8-17-13-19(26-25-17)21-15-27(10-12-30-21)22(28)14-16-5-3-4-9-24-16/h1-7,9,13,21H,8,10-12,14-15H2,(H,25,26)/t21-/m1/s1. The Morgan fingerprint density at radius 1 is 1.27 bits per heavy atom. The van der Waals surface area contributed by atoms with Crippen molar-refractivity contribution in [1.29, 1.82) is 0 Å². The minimum absolute atomic E-state index is 0.0241. The lowest BCUT2D eigenvalue weighted by atomic mass is 10.1. The Labute approximate surface area is 173 Å². The summed E-state index contributed by atoms with van der Waals surface area (Å²) in [5.41, 5.74) is 2.36. The molecule has 1 atom stereocenters. The van der Waals surface area contributed by atoms with Crippen molar-refractivity contribution in [3.63, 3.8) is 0 Å². The van der Waals surface area contributed by atoms with Gasteiger partial charge >= 0.3 is 0 Å². The van der Waals surface area contributed by atoms with Gasteiger partial charge in [-0.1, -0.05) is 18.2 Å². The van der Waals surface area contributed by atoms with E-state index in [9.17, 15) is 9.18 Å². The van der Waals surface area contributed by atoms with Gasteiger partial charge in [0, 0.05) is 30.6 Å². The molecular formula is C22H23FN4O3. The molecule has 1 aromatic carbocycles. The third-order valence-electron chi connectivity index (χ3n) is 4.92. The largest absolute Gasteiger partial charge is 0.490 e. The number of carbonyl (C=O) groups is 1. The van der Waals surface area contributed by atoms with Crippen LogP contribution in [-0.2, 0) is 22.4 Å². The Bertz CT molecular complexity index is 979. The number of pyridine rings is 1. The Hall–Kier alpha value is -3.26. The molecule has 1 fully saturated rings. The molecule has 0 aliphatic carbocycles. The minimum atomic E-state index is -0.381. The van der Waals surface area contributed by atoms with E-state index < -0.39 is 0 Å². The van der Waals surface area contributed by atoms with Crippen molar-refractivity contribution in [2.24, 2.45) is 0 Å². The van der Waals surface area contributed by atoms with Crippen LogP contribution in [-0.4, -0.2) is 52.3 Å². The smallest absolute Gasteiger partial charge is 0.228 e. The number of ether oxygens (including phenoxy) is 2. The number of rotatable bonds is 7. The number of aromatic nitrogens is 3. The van der Waals surface area contributed by atoms with Crippen molar-refractivity contribution in [1.82, 2.24) is 20.1 Å². The molecule has 1 saturated heterocycles. The Morgan fingerprint density at radius 3 is 2.97 bits per heavy atom. The zero-order valence-electron chi connectivity index (χ0n) is 16.5. The normalized spacial score (nSPS) is 16.4. The average Bonchev–Trinajstić information content (AvgIpc) is 3.25. The SMILES string of the molecule is O=C(Cc1ccccn1)N1CCO[C@@H](c2cc(CCOc3ccccc3F)[nH]n2)C1. The second-order valence-electron chi connectivity index (χ2n) is 7.04. The van der Waals surface area contributed by atoms with E-state index in [1.165, 1.54) is 6.07 Å². The first-order chi connectivity index (χ1) is 14.7. The van der Waals surface area contributed by atoms with Gasteiger partial charge in [0.1, 0.15) is 6.10 Å². The zero-order chi connectivity index (χ0) is 20.8. The predicted molar refractivity (Wildman–Crippen MR) is 107 cm³/mol. The molecule has 1 amide bonds. The molecule has 0 spiro atoms. The summed E-state index contributed by atoms with van der Waals surface area (Å²) in [5, 5.41) is 7.30. The number of morpholine rings is 1. The van der Waals surface area contributed by atoms with Crippen molar-refractivity contribution >= 4 is 5.91 Å². The summed E-state index contributed by atoms with van der Waals surface area (Å²) in [5.74, 6) is -0.125. The summed E-state index contributed by atoms with van der Waals surface area (Å²) in [6, 6.07) is 13.8. The van der Waals surface area contributed by atoms with Gasteiger partial charge in [0.2, 0.25) is 5.91 Å². The second kappa shape index (κ2) is 9.49. The van der Waals surface area contributed by atoms with Crippen LogP contribution in [0.25, 0.3) is 0 Å². The molecule has 3 heterocycles. The van der Waals surface area contributed by atoms with Crippen LogP contribution in [0.4, 0.5) is 4.39 Å². The number of aromatic amines is 1. The van der Waals surface area contributed by atoms with Gasteiger partial charge in [-0.25, -0.2) is 4.39 Å². The maximum Gasteiger partial charge on any atom is 0.228 e. The van der Waals surface area contributed by atoms with Crippen LogP contribution in [0.2, 0.25) is 0 Å². The molecular weight excluding hydrogens is 387 g/mol. The maximum absolute atomic E-state index is 13.6. The summed E-state index contributed by atoms with van der Waals surface area (Å²) >= 11 is 0. The van der Waals surface area contributed by atoms with Gasteiger partial charge in [0.15, 0.2) is 11.6 Å². The third-order valence-corrected chi connectivity index (χ3v) is 4.92. The third kappa shape index (κ3) is 5.01. The lowest BCUT2D eigenvalue weighted by Crippen LogP contribution is -2.43. The highest BCUT2D eigenvalue weighted by molar-refractivity contribution is 5.78. The van der Waals surface area contributed by atoms with Crippen molar-refractivity contribution in [2.75, 3.05) is 26.3 Å². The van der Waals surface area contributed by atoms with Crippen molar-refractivity contribution in [3.8, 4) is 5.75 Å². The molecule has 7 nitrogen and oxygen atoms in total. The predicted octanol–water partition coefficient (Wildman–Crippen LogP) is 2.71. The number of hydrogen-bond acceptors (Lipinski definition) is 5. The van der Waals surface area contributed by atoms with E-state index in [-0.39, 0.29) is 30.0 Å². The quantitative estimate of drug-likeness (QED) is 0.648. The molecule has 1 N–H and O–H groups in total. The number of halogens is 1. The molecule has 30 heavy (non-hydrogen) atoms. The van der Waals surface area contributed by atoms with E-state index in [1.807, 2.05) is 24.3 Å². The lowest BCUT2D eigenvalue weighted by molar-refractivity contribution is -0.138. The van der Waals surface area contributed by atoms with Crippen LogP contribution >= 0.6 is 0 Å². The number of H-pyrrole nitrogens is 1. The Balaban J connectivity index is 1.30. The van der Waals surface area contributed by atoms with Crippen molar-refractivity contribution in [3.05, 3.63) is 77.6 Å². The molecule has 0 radical (unpaired) electrons. The summed E-state index contributed by atoms with van der Waals surface area (Å²) in [7, 11) is 0. The Kier molecular flexibility index (Phi) is 6.34. The second-order valence-corrected chi connectivity index (χ2v) is 7.04. The van der Waals surface area contributed by atoms with E-state index in [2.05, 4.69) is 15.2 Å². The first kappa shape index (κ1) is 20.0. The van der Waals surface area contributed by atoms with Gasteiger partial charge in [-0.3, -0.25) is 14.9 Å². The van der Waals surface area contributed by atoms with Crippen molar-refractivity contribution in [2.45, 2.75) is 18.9 Å². The van der Waals surface area contributed by atoms with Crippen LogP contribution in [0.1, 0.15) is 23.2 Å². The number of nitrogens with one attached hydrogen (secondary N) is 1. The van der Waals surface area contributed by atoms with E-state index >= 15 is 0 Å². The average molecular weight is 410 g/mol. The Morgan fingerprint density at radius 2 is 2.13 bits per heavy atom. The first-order valence-corrected chi connectivity index (χ1v) is 9.90. The fourth-order valence-corrected chi connectivity index (χ4v) is 3.33. The van der Waals surface area contributed by atoms with Gasteiger partial charge in [0.25, 0.3) is 0 Å². The van der Waals surface area contributed by atoms with Gasteiger partial charge in [0.05, 0.1) is 31.9 Å². The van der Waals surface area contributed by atoms with E-state index in [1.54, 1.807) is 29.3 Å².